The summed E-state index contributed by atoms with van der Waals surface area (Å²) in [5.41, 5.74) is 2.85. The van der Waals surface area contributed by atoms with Crippen LogP contribution in [0.1, 0.15) is 38.5 Å². The molecule has 3 N–H and O–H groups in total. The van der Waals surface area contributed by atoms with Crippen LogP contribution in [0.5, 0.6) is 0 Å². The first-order valence-corrected chi connectivity index (χ1v) is 15.0. The highest BCUT2D eigenvalue weighted by atomic mass is 35.5. The number of nitrogens with zero attached hydrogens (tertiary/aromatic N) is 5. The average molecular weight is 573 g/mol. The van der Waals surface area contributed by atoms with Gasteiger partial charge in [-0.25, -0.2) is 24.7 Å². The van der Waals surface area contributed by atoms with E-state index in [1.807, 2.05) is 23.2 Å². The fraction of sp³-hybridized carbons (Fsp3) is 0.345. The van der Waals surface area contributed by atoms with Crippen LogP contribution in [-0.2, 0) is 0 Å². The van der Waals surface area contributed by atoms with E-state index in [1.54, 1.807) is 11.3 Å². The third-order valence-corrected chi connectivity index (χ3v) is 9.06. The number of carbonyl (C=O) groups excluding carboxylic acids is 1. The highest BCUT2D eigenvalue weighted by Crippen LogP contribution is 2.35. The number of amides is 2. The van der Waals surface area contributed by atoms with Gasteiger partial charge in [-0.2, -0.15) is 0 Å². The first-order chi connectivity index (χ1) is 19.6. The maximum Gasteiger partial charge on any atom is 0.317 e. The van der Waals surface area contributed by atoms with Crippen LogP contribution in [0, 0.1) is 0 Å². The number of carbonyl (C=O) groups is 1. The van der Waals surface area contributed by atoms with Crippen molar-refractivity contribution in [2.24, 2.45) is 0 Å². The van der Waals surface area contributed by atoms with Gasteiger partial charge in [-0.3, -0.25) is 0 Å². The van der Waals surface area contributed by atoms with Crippen molar-refractivity contribution in [2.75, 3.05) is 18.4 Å². The molecule has 0 spiro atoms. The molecule has 1 aliphatic heterocycles. The SMILES string of the molecule is O=C(NC1CCCC(Nc2cc(-c3cc4ccccc4s3)nc(-c3c[nH]c4ncc(Cl)nc34)n2)C1)N1CCCC1. The van der Waals surface area contributed by atoms with Gasteiger partial charge in [0, 0.05) is 42.1 Å². The number of fused-ring (bicyclic) bond motifs is 2. The van der Waals surface area contributed by atoms with Gasteiger partial charge in [0.15, 0.2) is 11.5 Å². The molecule has 0 bridgehead atoms. The Hall–Kier alpha value is -3.76. The number of likely N-dealkylation sites (tertiary alicyclic amines) is 1. The number of hydrogen-bond acceptors (Lipinski definition) is 7. The third-order valence-electron chi connectivity index (χ3n) is 7.74. The van der Waals surface area contributed by atoms with Gasteiger partial charge in [-0.15, -0.1) is 11.3 Å². The average Bonchev–Trinajstić information content (AvgIpc) is 3.73. The van der Waals surface area contributed by atoms with Crippen molar-refractivity contribution in [1.82, 2.24) is 35.1 Å². The molecule has 9 nitrogen and oxygen atoms in total. The van der Waals surface area contributed by atoms with Gasteiger partial charge in [0.05, 0.1) is 22.3 Å². The van der Waals surface area contributed by atoms with E-state index < -0.39 is 0 Å². The molecule has 2 atom stereocenters. The molecule has 204 valence electrons. The quantitative estimate of drug-likeness (QED) is 0.222. The molecule has 1 aromatic carbocycles. The molecule has 5 heterocycles. The topological polar surface area (TPSA) is 112 Å². The molecule has 2 aliphatic rings. The largest absolute Gasteiger partial charge is 0.367 e. The summed E-state index contributed by atoms with van der Waals surface area (Å²) in [4.78, 5) is 37.6. The van der Waals surface area contributed by atoms with Gasteiger partial charge < -0.3 is 20.5 Å². The zero-order valence-corrected chi connectivity index (χ0v) is 23.4. The Labute approximate surface area is 240 Å². The lowest BCUT2D eigenvalue weighted by Gasteiger charge is -2.32. The number of H-pyrrole nitrogens is 1. The van der Waals surface area contributed by atoms with Gasteiger partial charge in [0.1, 0.15) is 16.5 Å². The summed E-state index contributed by atoms with van der Waals surface area (Å²) in [5, 5.41) is 8.45. The summed E-state index contributed by atoms with van der Waals surface area (Å²) in [6.45, 7) is 1.71. The molecule has 7 rings (SSSR count). The Bertz CT molecular complexity index is 1660. The Morgan fingerprint density at radius 2 is 1.90 bits per heavy atom. The van der Waals surface area contributed by atoms with Crippen LogP contribution in [0.25, 0.3) is 43.2 Å². The Morgan fingerprint density at radius 1 is 1.05 bits per heavy atom. The third kappa shape index (κ3) is 5.09. The van der Waals surface area contributed by atoms with Crippen LogP contribution in [0.3, 0.4) is 0 Å². The van der Waals surface area contributed by atoms with Crippen molar-refractivity contribution >= 4 is 56.0 Å². The number of thiophene rings is 1. The van der Waals surface area contributed by atoms with E-state index >= 15 is 0 Å². The van der Waals surface area contributed by atoms with Crippen molar-refractivity contribution in [1.29, 1.82) is 0 Å². The van der Waals surface area contributed by atoms with Crippen LogP contribution >= 0.6 is 22.9 Å². The fourth-order valence-electron chi connectivity index (χ4n) is 5.76. The molecular weight excluding hydrogens is 544 g/mol. The number of rotatable bonds is 5. The summed E-state index contributed by atoms with van der Waals surface area (Å²) in [5.74, 6) is 1.30. The normalized spacial score (nSPS) is 19.4. The number of halogens is 1. The predicted molar refractivity (Wildman–Crippen MR) is 160 cm³/mol. The lowest BCUT2D eigenvalue weighted by molar-refractivity contribution is 0.200. The van der Waals surface area contributed by atoms with E-state index in [9.17, 15) is 4.79 Å². The molecule has 1 saturated carbocycles. The van der Waals surface area contributed by atoms with Gasteiger partial charge in [-0.05, 0) is 56.0 Å². The number of aromatic amines is 1. The van der Waals surface area contributed by atoms with Crippen LogP contribution < -0.4 is 10.6 Å². The predicted octanol–water partition coefficient (Wildman–Crippen LogP) is 6.48. The molecule has 2 fully saturated rings. The van der Waals surface area contributed by atoms with E-state index in [0.717, 1.165) is 73.6 Å². The number of anilines is 1. The van der Waals surface area contributed by atoms with Crippen LogP contribution in [0.2, 0.25) is 5.15 Å². The fourth-order valence-corrected chi connectivity index (χ4v) is 6.92. The zero-order chi connectivity index (χ0) is 27.1. The maximum atomic E-state index is 12.7. The van der Waals surface area contributed by atoms with Crippen molar-refractivity contribution in [2.45, 2.75) is 50.6 Å². The highest BCUT2D eigenvalue weighted by Gasteiger charge is 2.27. The lowest BCUT2D eigenvalue weighted by atomic mass is 9.91. The van der Waals surface area contributed by atoms with Crippen molar-refractivity contribution in [3.8, 4) is 22.0 Å². The Kier molecular flexibility index (Phi) is 6.73. The second kappa shape index (κ2) is 10.7. The first-order valence-electron chi connectivity index (χ1n) is 13.8. The standard InChI is InChI=1S/C29H29ClN8OS/c30-24-16-32-28-26(36-24)20(15-31-28)27-35-21(23-12-17-6-1-2-9-22(17)40-23)14-25(37-27)33-18-7-5-8-19(13-18)34-29(39)38-10-3-4-11-38/h1-2,6,9,12,14-16,18-19H,3-5,7-8,10-11,13H2,(H,31,32)(H,34,39)(H,33,35,37). The molecule has 1 aliphatic carbocycles. The number of hydrogen-bond donors (Lipinski definition) is 3. The zero-order valence-electron chi connectivity index (χ0n) is 21.9. The molecule has 40 heavy (non-hydrogen) atoms. The number of urea groups is 1. The number of nitrogens with one attached hydrogen (secondary N) is 3. The summed E-state index contributed by atoms with van der Waals surface area (Å²) < 4.78 is 1.21. The monoisotopic (exact) mass is 572 g/mol. The van der Waals surface area contributed by atoms with Crippen LogP contribution in [0.15, 0.2) is 48.8 Å². The Balaban J connectivity index is 1.20. The highest BCUT2D eigenvalue weighted by molar-refractivity contribution is 7.22. The molecule has 1 saturated heterocycles. The first kappa shape index (κ1) is 25.2. The van der Waals surface area contributed by atoms with E-state index in [-0.39, 0.29) is 18.1 Å². The van der Waals surface area contributed by atoms with Gasteiger partial charge in [0.25, 0.3) is 0 Å². The summed E-state index contributed by atoms with van der Waals surface area (Å²) in [7, 11) is 0. The second-order valence-corrected chi connectivity index (χ2v) is 12.0. The minimum Gasteiger partial charge on any atom is -0.367 e. The van der Waals surface area contributed by atoms with Crippen LogP contribution in [-0.4, -0.2) is 61.0 Å². The summed E-state index contributed by atoms with van der Waals surface area (Å²) in [6, 6.07) is 12.9. The molecular formula is C29H29ClN8OS. The van der Waals surface area contributed by atoms with Gasteiger partial charge in [-0.1, -0.05) is 29.8 Å². The summed E-state index contributed by atoms with van der Waals surface area (Å²) in [6.07, 6.45) is 9.44. The van der Waals surface area contributed by atoms with Crippen molar-refractivity contribution in [3.05, 3.63) is 53.9 Å². The van der Waals surface area contributed by atoms with Gasteiger partial charge >= 0.3 is 6.03 Å². The Morgan fingerprint density at radius 3 is 2.77 bits per heavy atom. The molecule has 2 unspecified atom stereocenters. The van der Waals surface area contributed by atoms with E-state index in [0.29, 0.717) is 22.1 Å². The van der Waals surface area contributed by atoms with Crippen LogP contribution in [0.4, 0.5) is 10.6 Å². The van der Waals surface area contributed by atoms with Crippen molar-refractivity contribution in [3.63, 3.8) is 0 Å². The summed E-state index contributed by atoms with van der Waals surface area (Å²) >= 11 is 7.90. The molecule has 0 radical (unpaired) electrons. The minimum absolute atomic E-state index is 0.0682. The molecule has 2 amide bonds. The second-order valence-electron chi connectivity index (χ2n) is 10.6. The minimum atomic E-state index is 0.0682. The lowest BCUT2D eigenvalue weighted by Crippen LogP contribution is -2.47. The number of aromatic nitrogens is 5. The maximum absolute atomic E-state index is 12.7. The van der Waals surface area contributed by atoms with E-state index in [4.69, 9.17) is 21.6 Å². The molecule has 4 aromatic heterocycles. The van der Waals surface area contributed by atoms with E-state index in [2.05, 4.69) is 49.9 Å². The number of benzene rings is 1. The van der Waals surface area contributed by atoms with Crippen molar-refractivity contribution < 1.29 is 4.79 Å². The van der Waals surface area contributed by atoms with Gasteiger partial charge in [0.2, 0.25) is 0 Å². The smallest absolute Gasteiger partial charge is 0.317 e. The van der Waals surface area contributed by atoms with E-state index in [1.165, 1.54) is 16.3 Å². The molecule has 5 aromatic rings. The molecule has 11 heteroatoms.